The summed E-state index contributed by atoms with van der Waals surface area (Å²) >= 11 is 1.23. The molecule has 0 unspecified atom stereocenters. The van der Waals surface area contributed by atoms with Crippen molar-refractivity contribution in [3.05, 3.63) is 70.9 Å². The molecule has 4 rings (SSSR count). The second-order valence-corrected chi connectivity index (χ2v) is 7.72. The Bertz CT molecular complexity index is 1180. The Morgan fingerprint density at radius 3 is 2.52 bits per heavy atom. The number of rotatable bonds is 6. The summed E-state index contributed by atoms with van der Waals surface area (Å²) in [5.41, 5.74) is 1.37. The largest absolute Gasteiger partial charge is 0.494 e. The van der Waals surface area contributed by atoms with E-state index in [-0.39, 0.29) is 11.7 Å². The van der Waals surface area contributed by atoms with Gasteiger partial charge < -0.3 is 14.8 Å². The lowest BCUT2D eigenvalue weighted by molar-refractivity contribution is -0.115. The van der Waals surface area contributed by atoms with Gasteiger partial charge in [0.1, 0.15) is 17.3 Å². The zero-order chi connectivity index (χ0) is 21.8. The van der Waals surface area contributed by atoms with E-state index in [2.05, 4.69) is 10.3 Å². The van der Waals surface area contributed by atoms with Gasteiger partial charge in [-0.25, -0.2) is 9.38 Å². The minimum Gasteiger partial charge on any atom is -0.494 e. The Labute approximate surface area is 184 Å². The van der Waals surface area contributed by atoms with E-state index in [1.807, 2.05) is 50.3 Å². The van der Waals surface area contributed by atoms with Crippen LogP contribution in [0.3, 0.4) is 0 Å². The van der Waals surface area contributed by atoms with Crippen molar-refractivity contribution in [2.75, 3.05) is 13.2 Å². The molecule has 1 aliphatic heterocycles. The van der Waals surface area contributed by atoms with Crippen LogP contribution >= 0.6 is 11.8 Å². The van der Waals surface area contributed by atoms with Crippen molar-refractivity contribution in [1.82, 2.24) is 5.32 Å². The molecule has 0 radical (unpaired) electrons. The Hall–Kier alpha value is -3.32. The zero-order valence-electron chi connectivity index (χ0n) is 17.1. The fourth-order valence-electron chi connectivity index (χ4n) is 3.23. The number of amides is 1. The summed E-state index contributed by atoms with van der Waals surface area (Å²) < 4.78 is 24.6. The van der Waals surface area contributed by atoms with Gasteiger partial charge in [-0.2, -0.15) is 0 Å². The highest BCUT2D eigenvalue weighted by atomic mass is 32.2. The molecule has 1 aliphatic rings. The first-order valence-electron chi connectivity index (χ1n) is 9.95. The second-order valence-electron chi connectivity index (χ2n) is 6.68. The van der Waals surface area contributed by atoms with Crippen molar-refractivity contribution in [3.8, 4) is 11.5 Å². The molecular formula is C24H21FN2O3S. The van der Waals surface area contributed by atoms with Gasteiger partial charge in [0.15, 0.2) is 5.17 Å². The molecule has 0 aromatic heterocycles. The highest BCUT2D eigenvalue weighted by Crippen LogP contribution is 2.36. The van der Waals surface area contributed by atoms with Crippen LogP contribution in [0.5, 0.6) is 11.5 Å². The van der Waals surface area contributed by atoms with E-state index in [1.165, 1.54) is 23.9 Å². The molecule has 3 aromatic rings. The van der Waals surface area contributed by atoms with Crippen molar-refractivity contribution >= 4 is 45.4 Å². The van der Waals surface area contributed by atoms with Crippen molar-refractivity contribution in [2.45, 2.75) is 13.8 Å². The number of hydrogen-bond acceptors (Lipinski definition) is 5. The van der Waals surface area contributed by atoms with Crippen LogP contribution in [0, 0.1) is 5.82 Å². The number of thioether (sulfide) groups is 1. The Morgan fingerprint density at radius 1 is 1.03 bits per heavy atom. The number of halogens is 1. The van der Waals surface area contributed by atoms with Crippen molar-refractivity contribution in [1.29, 1.82) is 0 Å². The van der Waals surface area contributed by atoms with Crippen molar-refractivity contribution < 1.29 is 18.7 Å². The van der Waals surface area contributed by atoms with Gasteiger partial charge >= 0.3 is 0 Å². The van der Waals surface area contributed by atoms with E-state index < -0.39 is 0 Å². The maximum atomic E-state index is 13.1. The van der Waals surface area contributed by atoms with Crippen LogP contribution in [0.15, 0.2) is 64.5 Å². The number of nitrogens with zero attached hydrogens (tertiary/aromatic N) is 1. The number of hydrogen-bond donors (Lipinski definition) is 1. The average molecular weight is 437 g/mol. The predicted octanol–water partition coefficient (Wildman–Crippen LogP) is 5.67. The maximum Gasteiger partial charge on any atom is 0.264 e. The van der Waals surface area contributed by atoms with Gasteiger partial charge in [-0.15, -0.1) is 0 Å². The molecule has 0 saturated carbocycles. The van der Waals surface area contributed by atoms with Crippen LogP contribution < -0.4 is 14.8 Å². The molecule has 158 valence electrons. The molecule has 0 aliphatic carbocycles. The first kappa shape index (κ1) is 20.9. The summed E-state index contributed by atoms with van der Waals surface area (Å²) in [7, 11) is 0. The molecule has 31 heavy (non-hydrogen) atoms. The monoisotopic (exact) mass is 436 g/mol. The quantitative estimate of drug-likeness (QED) is 0.506. The third-order valence-corrected chi connectivity index (χ3v) is 5.50. The van der Waals surface area contributed by atoms with Gasteiger partial charge in [-0.3, -0.25) is 4.79 Å². The minimum absolute atomic E-state index is 0.244. The number of ether oxygens (including phenoxy) is 2. The van der Waals surface area contributed by atoms with Gasteiger partial charge in [0.05, 0.1) is 23.8 Å². The first-order chi connectivity index (χ1) is 15.1. The number of carbonyl (C=O) groups is 1. The molecule has 1 fully saturated rings. The maximum absolute atomic E-state index is 13.1. The summed E-state index contributed by atoms with van der Waals surface area (Å²) in [5.74, 6) is 0.864. The molecule has 1 heterocycles. The lowest BCUT2D eigenvalue weighted by atomic mass is 10.0. The number of amidine groups is 1. The van der Waals surface area contributed by atoms with Crippen molar-refractivity contribution in [3.63, 3.8) is 0 Å². The van der Waals surface area contributed by atoms with Gasteiger partial charge in [0.2, 0.25) is 0 Å². The third-order valence-electron chi connectivity index (χ3n) is 4.59. The minimum atomic E-state index is -0.335. The van der Waals surface area contributed by atoms with Crippen LogP contribution in [-0.2, 0) is 4.79 Å². The van der Waals surface area contributed by atoms with Crippen LogP contribution in [-0.4, -0.2) is 24.3 Å². The van der Waals surface area contributed by atoms with E-state index >= 15 is 0 Å². The fraction of sp³-hybridized carbons (Fsp3) is 0.167. The molecule has 0 bridgehead atoms. The molecule has 1 amide bonds. The highest BCUT2D eigenvalue weighted by molar-refractivity contribution is 8.18. The molecule has 0 spiro atoms. The number of nitrogens with one attached hydrogen (secondary N) is 1. The predicted molar refractivity (Wildman–Crippen MR) is 123 cm³/mol. The molecule has 7 heteroatoms. The number of fused-ring (bicyclic) bond motifs is 1. The summed E-state index contributed by atoms with van der Waals surface area (Å²) in [5, 5.41) is 5.15. The SMILES string of the molecule is CCOc1ccc2ccc(OCC)c(/C=C3\SC(=Nc4ccc(F)cc4)NC3=O)c2c1. The summed E-state index contributed by atoms with van der Waals surface area (Å²) in [6.07, 6.45) is 1.82. The lowest BCUT2D eigenvalue weighted by Crippen LogP contribution is -2.19. The van der Waals surface area contributed by atoms with E-state index in [9.17, 15) is 9.18 Å². The topological polar surface area (TPSA) is 59.9 Å². The number of aliphatic imine (C=N–C) groups is 1. The van der Waals surface area contributed by atoms with E-state index in [0.717, 1.165) is 22.1 Å². The van der Waals surface area contributed by atoms with E-state index in [1.54, 1.807) is 12.1 Å². The molecule has 0 atom stereocenters. The summed E-state index contributed by atoms with van der Waals surface area (Å²) in [6.45, 7) is 4.92. The molecular weight excluding hydrogens is 415 g/mol. The van der Waals surface area contributed by atoms with E-state index in [0.29, 0.717) is 34.7 Å². The van der Waals surface area contributed by atoms with Crippen LogP contribution in [0.2, 0.25) is 0 Å². The molecule has 5 nitrogen and oxygen atoms in total. The molecule has 1 saturated heterocycles. The normalized spacial score (nSPS) is 16.2. The smallest absolute Gasteiger partial charge is 0.264 e. The molecule has 1 N–H and O–H groups in total. The van der Waals surface area contributed by atoms with Gasteiger partial charge in [0.25, 0.3) is 5.91 Å². The summed E-state index contributed by atoms with van der Waals surface area (Å²) in [6, 6.07) is 15.5. The standard InChI is InChI=1S/C24H21FN2O3S/c1-3-29-18-11-5-15-6-12-21(30-4-2)20(19(15)13-18)14-22-23(28)27-24(31-22)26-17-9-7-16(25)8-10-17/h5-14H,3-4H2,1-2H3,(H,26,27,28)/b22-14-. The Kier molecular flexibility index (Phi) is 6.23. The van der Waals surface area contributed by atoms with E-state index in [4.69, 9.17) is 9.47 Å². The molecule has 3 aromatic carbocycles. The van der Waals surface area contributed by atoms with Crippen LogP contribution in [0.1, 0.15) is 19.4 Å². The Balaban J connectivity index is 1.74. The van der Waals surface area contributed by atoms with Gasteiger partial charge in [-0.05, 0) is 84.9 Å². The van der Waals surface area contributed by atoms with Crippen LogP contribution in [0.4, 0.5) is 10.1 Å². The summed E-state index contributed by atoms with van der Waals surface area (Å²) in [4.78, 5) is 17.5. The van der Waals surface area contributed by atoms with Crippen LogP contribution in [0.25, 0.3) is 16.8 Å². The zero-order valence-corrected chi connectivity index (χ0v) is 18.0. The first-order valence-corrected chi connectivity index (χ1v) is 10.8. The van der Waals surface area contributed by atoms with Crippen molar-refractivity contribution in [2.24, 2.45) is 4.99 Å². The third kappa shape index (κ3) is 4.72. The average Bonchev–Trinajstić information content (AvgIpc) is 3.10. The van der Waals surface area contributed by atoms with Gasteiger partial charge in [0, 0.05) is 5.56 Å². The highest BCUT2D eigenvalue weighted by Gasteiger charge is 2.25. The lowest BCUT2D eigenvalue weighted by Gasteiger charge is -2.12. The Morgan fingerprint density at radius 2 is 1.77 bits per heavy atom. The number of carbonyl (C=O) groups excluding carboxylic acids is 1. The fourth-order valence-corrected chi connectivity index (χ4v) is 4.06. The number of benzene rings is 3. The second kappa shape index (κ2) is 9.22. The van der Waals surface area contributed by atoms with Gasteiger partial charge in [-0.1, -0.05) is 12.1 Å².